The molecule has 144 valence electrons. The highest BCUT2D eigenvalue weighted by molar-refractivity contribution is 5.83. The van der Waals surface area contributed by atoms with Crippen molar-refractivity contribution in [2.75, 3.05) is 0 Å². The topological polar surface area (TPSA) is 69.4 Å². The van der Waals surface area contributed by atoms with E-state index in [1.54, 1.807) is 6.26 Å². The number of nitrogens with zero attached hydrogens (tertiary/aromatic N) is 1. The summed E-state index contributed by atoms with van der Waals surface area (Å²) in [6, 6.07) is 0. The van der Waals surface area contributed by atoms with Crippen molar-refractivity contribution in [2.45, 2.75) is 78.2 Å². The zero-order valence-corrected chi connectivity index (χ0v) is 16.2. The highest BCUT2D eigenvalue weighted by Crippen LogP contribution is 2.57. The Morgan fingerprint density at radius 2 is 2.23 bits per heavy atom. The molecule has 3 rings (SSSR count). The molecule has 1 heterocycles. The lowest BCUT2D eigenvalue weighted by atomic mass is 9.62. The van der Waals surface area contributed by atoms with Crippen LogP contribution >= 0.6 is 0 Å². The van der Waals surface area contributed by atoms with Crippen LogP contribution in [0, 0.1) is 23.2 Å². The zero-order valence-electron chi connectivity index (χ0n) is 16.2. The number of ether oxygens (including phenoxy) is 1. The molecule has 5 unspecified atom stereocenters. The average molecular weight is 361 g/mol. The first-order valence-electron chi connectivity index (χ1n) is 10.00. The van der Waals surface area contributed by atoms with E-state index in [9.17, 15) is 9.59 Å². The number of Topliss-reactive ketones (excluding diaryl/α,β-unsaturated/α-hetero) is 1. The summed E-state index contributed by atoms with van der Waals surface area (Å²) >= 11 is 0. The first-order valence-corrected chi connectivity index (χ1v) is 10.00. The molecule has 2 aliphatic carbocycles. The molecule has 0 aliphatic heterocycles. The van der Waals surface area contributed by atoms with Crippen LogP contribution in [-0.4, -0.2) is 16.7 Å². The highest BCUT2D eigenvalue weighted by atomic mass is 16.5. The fourth-order valence-corrected chi connectivity index (χ4v) is 5.58. The molecule has 0 amide bonds. The van der Waals surface area contributed by atoms with Gasteiger partial charge in [-0.3, -0.25) is 9.59 Å². The Kier molecular flexibility index (Phi) is 5.83. The lowest BCUT2D eigenvalue weighted by Gasteiger charge is -2.42. The first kappa shape index (κ1) is 19.1. The van der Waals surface area contributed by atoms with Gasteiger partial charge in [0.1, 0.15) is 23.8 Å². The number of esters is 1. The van der Waals surface area contributed by atoms with Crippen LogP contribution in [-0.2, 0) is 14.3 Å². The van der Waals surface area contributed by atoms with E-state index < -0.39 is 0 Å². The molecular formula is C21H31NO4. The lowest BCUT2D eigenvalue weighted by molar-refractivity contribution is -0.147. The normalized spacial score (nSPS) is 30.7. The Balaban J connectivity index is 1.55. The molecule has 0 spiro atoms. The molecule has 0 radical (unpaired) electrons. The molecule has 2 saturated carbocycles. The molecule has 1 aromatic rings. The maximum Gasteiger partial charge on any atom is 0.303 e. The molecule has 2 fully saturated rings. The van der Waals surface area contributed by atoms with Gasteiger partial charge in [-0.15, -0.1) is 0 Å². The van der Waals surface area contributed by atoms with E-state index in [1.807, 2.05) is 0 Å². The fourth-order valence-electron chi connectivity index (χ4n) is 5.58. The molecule has 26 heavy (non-hydrogen) atoms. The summed E-state index contributed by atoms with van der Waals surface area (Å²) in [5.74, 6) is 1.68. The Hall–Kier alpha value is -1.65. The second-order valence-electron chi connectivity index (χ2n) is 8.48. The van der Waals surface area contributed by atoms with Crippen molar-refractivity contribution in [1.29, 1.82) is 0 Å². The van der Waals surface area contributed by atoms with E-state index >= 15 is 0 Å². The smallest absolute Gasteiger partial charge is 0.303 e. The van der Waals surface area contributed by atoms with Crippen LogP contribution in [0.1, 0.15) is 83.9 Å². The van der Waals surface area contributed by atoms with Gasteiger partial charge in [0.05, 0.1) is 0 Å². The molecule has 0 saturated heterocycles. The van der Waals surface area contributed by atoms with Gasteiger partial charge < -0.3 is 9.15 Å². The van der Waals surface area contributed by atoms with Crippen LogP contribution in [0.4, 0.5) is 0 Å². The quantitative estimate of drug-likeness (QED) is 0.648. The van der Waals surface area contributed by atoms with E-state index in [0.29, 0.717) is 23.3 Å². The second-order valence-corrected chi connectivity index (χ2v) is 8.48. The second kappa shape index (κ2) is 7.93. The van der Waals surface area contributed by atoms with Gasteiger partial charge in [-0.25, -0.2) is 4.98 Å². The fraction of sp³-hybridized carbons (Fsp3) is 0.762. The van der Waals surface area contributed by atoms with Crippen LogP contribution in [0.15, 0.2) is 17.1 Å². The minimum absolute atomic E-state index is 0.191. The number of fused-ring (bicyclic) bond motifs is 1. The minimum atomic E-state index is -0.332. The lowest BCUT2D eigenvalue weighted by Crippen LogP contribution is -2.39. The van der Waals surface area contributed by atoms with Gasteiger partial charge in [-0.05, 0) is 55.8 Å². The van der Waals surface area contributed by atoms with Gasteiger partial charge in [0.25, 0.3) is 0 Å². The van der Waals surface area contributed by atoms with Crippen molar-refractivity contribution in [3.05, 3.63) is 18.4 Å². The summed E-state index contributed by atoms with van der Waals surface area (Å²) in [4.78, 5) is 27.8. The van der Waals surface area contributed by atoms with Crippen molar-refractivity contribution < 1.29 is 18.7 Å². The third-order valence-electron chi connectivity index (χ3n) is 6.84. The number of aromatic nitrogens is 1. The van der Waals surface area contributed by atoms with Gasteiger partial charge in [0.2, 0.25) is 0 Å². The molecule has 0 bridgehead atoms. The maximum atomic E-state index is 12.3. The van der Waals surface area contributed by atoms with Crippen LogP contribution in [0.5, 0.6) is 0 Å². The first-order chi connectivity index (χ1) is 12.4. The number of hydrogen-bond acceptors (Lipinski definition) is 5. The molecule has 0 N–H and O–H groups in total. The molecule has 5 nitrogen and oxygen atoms in total. The molecule has 0 aromatic carbocycles. The molecule has 2 aliphatic rings. The van der Waals surface area contributed by atoms with Crippen LogP contribution < -0.4 is 0 Å². The van der Waals surface area contributed by atoms with Gasteiger partial charge in [-0.2, -0.15) is 0 Å². The minimum Gasteiger partial charge on any atom is -0.456 e. The standard InChI is InChI=1S/C21H31NO4/c1-14(16-9-10-17-19(24)7-5-11-21(16,17)3)6-4-8-20(26-15(2)23)18-12-25-13-22-18/h12-14,16-17,20H,4-11H2,1-3H3. The predicted octanol–water partition coefficient (Wildman–Crippen LogP) is 4.87. The summed E-state index contributed by atoms with van der Waals surface area (Å²) < 4.78 is 10.4. The van der Waals surface area contributed by atoms with Crippen LogP contribution in [0.2, 0.25) is 0 Å². The number of hydrogen-bond donors (Lipinski definition) is 0. The van der Waals surface area contributed by atoms with E-state index in [1.165, 1.54) is 26.2 Å². The SMILES string of the molecule is CC(=O)OC(CCCC(C)C1CCC2C(=O)CCCC21C)c1cocn1. The number of ketones is 1. The summed E-state index contributed by atoms with van der Waals surface area (Å²) in [7, 11) is 0. The van der Waals surface area contributed by atoms with E-state index in [0.717, 1.165) is 38.5 Å². The Bertz CT molecular complexity index is 626. The Labute approximate surface area is 155 Å². The van der Waals surface area contributed by atoms with Crippen molar-refractivity contribution in [1.82, 2.24) is 4.98 Å². The van der Waals surface area contributed by atoms with Crippen molar-refractivity contribution in [3.63, 3.8) is 0 Å². The van der Waals surface area contributed by atoms with E-state index in [4.69, 9.17) is 9.15 Å². The predicted molar refractivity (Wildman–Crippen MR) is 97.2 cm³/mol. The largest absolute Gasteiger partial charge is 0.456 e. The molecule has 1 aromatic heterocycles. The van der Waals surface area contributed by atoms with Gasteiger partial charge in [0, 0.05) is 19.3 Å². The molecule has 5 heteroatoms. The summed E-state index contributed by atoms with van der Waals surface area (Å²) in [6.45, 7) is 6.10. The number of rotatable bonds is 7. The third-order valence-corrected chi connectivity index (χ3v) is 6.84. The Morgan fingerprint density at radius 1 is 1.42 bits per heavy atom. The zero-order chi connectivity index (χ0) is 18.7. The highest BCUT2D eigenvalue weighted by Gasteiger charge is 2.52. The van der Waals surface area contributed by atoms with Crippen molar-refractivity contribution >= 4 is 11.8 Å². The summed E-state index contributed by atoms with van der Waals surface area (Å²) in [5.41, 5.74) is 0.870. The van der Waals surface area contributed by atoms with Gasteiger partial charge in [-0.1, -0.05) is 20.3 Å². The summed E-state index contributed by atoms with van der Waals surface area (Å²) in [5, 5.41) is 0. The Morgan fingerprint density at radius 3 is 2.92 bits per heavy atom. The van der Waals surface area contributed by atoms with E-state index in [-0.39, 0.29) is 23.4 Å². The van der Waals surface area contributed by atoms with Crippen LogP contribution in [0.3, 0.4) is 0 Å². The van der Waals surface area contributed by atoms with Crippen molar-refractivity contribution in [2.24, 2.45) is 23.2 Å². The van der Waals surface area contributed by atoms with Crippen molar-refractivity contribution in [3.8, 4) is 0 Å². The summed E-state index contributed by atoms with van der Waals surface area (Å²) in [6.07, 6.45) is 10.6. The van der Waals surface area contributed by atoms with Gasteiger partial charge in [0.15, 0.2) is 6.39 Å². The molecule has 5 atom stereocenters. The monoisotopic (exact) mass is 361 g/mol. The van der Waals surface area contributed by atoms with Gasteiger partial charge >= 0.3 is 5.97 Å². The average Bonchev–Trinajstić information content (AvgIpc) is 3.21. The third kappa shape index (κ3) is 3.86. The molecular weight excluding hydrogens is 330 g/mol. The van der Waals surface area contributed by atoms with E-state index in [2.05, 4.69) is 18.8 Å². The van der Waals surface area contributed by atoms with Crippen LogP contribution in [0.25, 0.3) is 0 Å². The number of carbonyl (C=O) groups excluding carboxylic acids is 2. The maximum absolute atomic E-state index is 12.3. The number of carbonyl (C=O) groups is 2. The number of oxazole rings is 1.